The maximum absolute atomic E-state index is 10.2. The van der Waals surface area contributed by atoms with Gasteiger partial charge in [-0.2, -0.15) is 16.8 Å². The van der Waals surface area contributed by atoms with Crippen LogP contribution < -0.4 is 51.4 Å². The molecule has 0 aliphatic carbocycles. The number of rotatable bonds is 24. The van der Waals surface area contributed by atoms with E-state index in [1.165, 1.54) is 89.9 Å². The number of hydrogen-bond acceptors (Lipinski definition) is 6. The van der Waals surface area contributed by atoms with Gasteiger partial charge in [0.2, 0.25) is 0 Å². The average Bonchev–Trinajstić information content (AvgIpc) is 2.75. The molecule has 0 fully saturated rings. The molecule has 2 N–H and O–H groups in total. The Morgan fingerprint density at radius 1 is 0.472 bits per heavy atom. The van der Waals surface area contributed by atoms with Crippen LogP contribution in [0.25, 0.3) is 0 Å². The molecule has 0 spiro atoms. The molecule has 0 bridgehead atoms. The molecule has 0 amide bonds. The Morgan fingerprint density at radius 3 is 0.861 bits per heavy atom. The van der Waals surface area contributed by atoms with Gasteiger partial charge >= 0.3 is 95.2 Å². The fourth-order valence-electron chi connectivity index (χ4n) is 3.51. The van der Waals surface area contributed by atoms with E-state index >= 15 is 0 Å². The van der Waals surface area contributed by atoms with Crippen molar-refractivity contribution in [1.82, 2.24) is 0 Å². The SMILES string of the molecule is CCCCCCCCCCCCOS(=O)(=O)O.CCCCCCCCCCCCOS(=O)(=O)O.[H-].[H-].[H-].[K+].[Mg+2]. The minimum Gasteiger partial charge on any atom is -1.00 e. The maximum Gasteiger partial charge on any atom is 2.00 e. The Kier molecular flexibility index (Phi) is 41.8. The monoisotopic (exact) mass is 598 g/mol. The van der Waals surface area contributed by atoms with E-state index in [1.807, 2.05) is 0 Å². The molecule has 0 unspecified atom stereocenters. The molecule has 0 heterocycles. The van der Waals surface area contributed by atoms with Crippen molar-refractivity contribution >= 4 is 43.9 Å². The molecule has 0 aromatic heterocycles. The molecule has 36 heavy (non-hydrogen) atoms. The van der Waals surface area contributed by atoms with Gasteiger partial charge in [-0.3, -0.25) is 9.11 Å². The van der Waals surface area contributed by atoms with Gasteiger partial charge in [-0.05, 0) is 12.8 Å². The zero-order valence-corrected chi connectivity index (χ0v) is 29.6. The largest absolute Gasteiger partial charge is 2.00 e. The molecule has 12 heteroatoms. The molecule has 214 valence electrons. The Labute approximate surface area is 286 Å². The second-order valence-electron chi connectivity index (χ2n) is 8.86. The van der Waals surface area contributed by atoms with E-state index in [-0.39, 0.29) is 91.9 Å². The van der Waals surface area contributed by atoms with Crippen LogP contribution in [0.15, 0.2) is 0 Å². The maximum atomic E-state index is 10.2. The first kappa shape index (κ1) is 45.1. The quantitative estimate of drug-likeness (QED) is 0.0950. The smallest absolute Gasteiger partial charge is 1.00 e. The molecule has 0 rings (SSSR count). The van der Waals surface area contributed by atoms with Gasteiger partial charge in [0.05, 0.1) is 13.2 Å². The summed E-state index contributed by atoms with van der Waals surface area (Å²) < 4.78 is 66.0. The first-order valence-corrected chi connectivity index (χ1v) is 16.1. The summed E-state index contributed by atoms with van der Waals surface area (Å²) in [7, 11) is -8.47. The Hall–Kier alpha value is 2.14. The van der Waals surface area contributed by atoms with Gasteiger partial charge in [-0.15, -0.1) is 0 Å². The second kappa shape index (κ2) is 33.3. The second-order valence-corrected chi connectivity index (χ2v) is 11.0. The van der Waals surface area contributed by atoms with Crippen LogP contribution >= 0.6 is 0 Å². The topological polar surface area (TPSA) is 127 Å². The first-order valence-electron chi connectivity index (χ1n) is 13.4. The molecule has 0 radical (unpaired) electrons. The van der Waals surface area contributed by atoms with Gasteiger partial charge in [-0.1, -0.05) is 129 Å². The minimum absolute atomic E-state index is 0. The zero-order valence-electron chi connectivity index (χ0n) is 26.4. The fourth-order valence-corrected chi connectivity index (χ4v) is 4.16. The van der Waals surface area contributed by atoms with Crippen LogP contribution in [-0.2, 0) is 29.2 Å². The summed E-state index contributed by atoms with van der Waals surface area (Å²) in [6.45, 7) is 4.62. The molecule has 0 saturated heterocycles. The Balaban J connectivity index is -0.0000000931. The van der Waals surface area contributed by atoms with E-state index in [0.717, 1.165) is 25.7 Å². The van der Waals surface area contributed by atoms with Gasteiger partial charge in [0.25, 0.3) is 0 Å². The van der Waals surface area contributed by atoms with Gasteiger partial charge in [0.1, 0.15) is 0 Å². The van der Waals surface area contributed by atoms with E-state index in [9.17, 15) is 16.8 Å². The van der Waals surface area contributed by atoms with Gasteiger partial charge in [-0.25, -0.2) is 8.37 Å². The van der Waals surface area contributed by atoms with Crippen LogP contribution in [0.1, 0.15) is 147 Å². The van der Waals surface area contributed by atoms with Crippen LogP contribution in [0, 0.1) is 0 Å². The van der Waals surface area contributed by atoms with Crippen LogP contribution in [-0.4, -0.2) is 62.2 Å². The van der Waals surface area contributed by atoms with Crippen molar-refractivity contribution in [3.63, 3.8) is 0 Å². The van der Waals surface area contributed by atoms with Crippen molar-refractivity contribution < 1.29 is 90.0 Å². The summed E-state index contributed by atoms with van der Waals surface area (Å²) in [4.78, 5) is 0. The van der Waals surface area contributed by atoms with Crippen molar-refractivity contribution in [2.24, 2.45) is 0 Å². The summed E-state index contributed by atoms with van der Waals surface area (Å²) in [6.07, 6.45) is 23.7. The third kappa shape index (κ3) is 49.1. The van der Waals surface area contributed by atoms with Gasteiger partial charge in [0.15, 0.2) is 0 Å². The predicted octanol–water partition coefficient (Wildman–Crippen LogP) is 4.41. The normalized spacial score (nSPS) is 11.2. The predicted molar refractivity (Wildman–Crippen MR) is 148 cm³/mol. The standard InChI is InChI=1S/2C12H26O4S.K.Mg.3H/c2*1-2-3-4-5-6-7-8-9-10-11-12-16-17(13,14)15;;;;;/h2*2-12H2,1H3,(H,13,14,15);;;;;/q;;+1;+2;3*-1. The average molecular weight is 599 g/mol. The molecule has 0 atom stereocenters. The van der Waals surface area contributed by atoms with Gasteiger partial charge in [0, 0.05) is 0 Å². The van der Waals surface area contributed by atoms with E-state index < -0.39 is 20.8 Å². The van der Waals surface area contributed by atoms with Crippen LogP contribution in [0.3, 0.4) is 0 Å². The summed E-state index contributed by atoms with van der Waals surface area (Å²) >= 11 is 0. The molecular formula is C24H55KMgO8S2. The number of unbranched alkanes of at least 4 members (excludes halogenated alkanes) is 18. The van der Waals surface area contributed by atoms with Crippen molar-refractivity contribution in [3.05, 3.63) is 0 Å². The molecule has 0 aliphatic heterocycles. The van der Waals surface area contributed by atoms with Gasteiger partial charge < -0.3 is 4.28 Å². The minimum atomic E-state index is -4.23. The van der Waals surface area contributed by atoms with E-state index in [1.54, 1.807) is 0 Å². The third-order valence-corrected chi connectivity index (χ3v) is 6.39. The molecule has 0 aromatic rings. The Bertz CT molecular complexity index is 581. The molecule has 0 saturated carbocycles. The fraction of sp³-hybridized carbons (Fsp3) is 1.00. The molecule has 0 aliphatic rings. The number of hydrogen-bond donors (Lipinski definition) is 2. The van der Waals surface area contributed by atoms with Crippen LogP contribution in [0.4, 0.5) is 0 Å². The van der Waals surface area contributed by atoms with E-state index in [2.05, 4.69) is 22.2 Å². The van der Waals surface area contributed by atoms with Crippen molar-refractivity contribution in [2.75, 3.05) is 13.2 Å². The van der Waals surface area contributed by atoms with Crippen molar-refractivity contribution in [3.8, 4) is 0 Å². The summed E-state index contributed by atoms with van der Waals surface area (Å²) in [5.41, 5.74) is 0. The zero-order chi connectivity index (χ0) is 26.0. The summed E-state index contributed by atoms with van der Waals surface area (Å²) in [6, 6.07) is 0. The Morgan fingerprint density at radius 2 is 0.667 bits per heavy atom. The third-order valence-electron chi connectivity index (χ3n) is 5.46. The molecule has 8 nitrogen and oxygen atoms in total. The van der Waals surface area contributed by atoms with Crippen molar-refractivity contribution in [2.45, 2.75) is 142 Å². The van der Waals surface area contributed by atoms with Crippen LogP contribution in [0.2, 0.25) is 0 Å². The molecule has 0 aromatic carbocycles. The van der Waals surface area contributed by atoms with E-state index in [0.29, 0.717) is 12.8 Å². The molecular weight excluding hydrogens is 544 g/mol. The van der Waals surface area contributed by atoms with Crippen LogP contribution in [0.5, 0.6) is 0 Å². The summed E-state index contributed by atoms with van der Waals surface area (Å²) in [5.74, 6) is 0. The van der Waals surface area contributed by atoms with Crippen molar-refractivity contribution in [1.29, 1.82) is 0 Å². The first-order chi connectivity index (χ1) is 16.1. The summed E-state index contributed by atoms with van der Waals surface area (Å²) in [5, 5.41) is 0. The van der Waals surface area contributed by atoms with E-state index in [4.69, 9.17) is 9.11 Å².